The second-order valence-electron chi connectivity index (χ2n) is 7.88. The lowest BCUT2D eigenvalue weighted by atomic mass is 9.70. The van der Waals surface area contributed by atoms with Crippen molar-refractivity contribution in [2.24, 2.45) is 5.41 Å². The summed E-state index contributed by atoms with van der Waals surface area (Å²) in [5.74, 6) is -0.183. The quantitative estimate of drug-likeness (QED) is 0.550. The molecule has 0 radical (unpaired) electrons. The van der Waals surface area contributed by atoms with Gasteiger partial charge in [-0.05, 0) is 44.6 Å². The minimum atomic E-state index is -0.659. The Bertz CT molecular complexity index is 721. The van der Waals surface area contributed by atoms with Crippen LogP contribution in [0.3, 0.4) is 0 Å². The van der Waals surface area contributed by atoms with Gasteiger partial charge in [-0.2, -0.15) is 0 Å². The number of nitrogens with zero attached hydrogens (tertiary/aromatic N) is 1. The van der Waals surface area contributed by atoms with Crippen molar-refractivity contribution >= 4 is 17.8 Å². The van der Waals surface area contributed by atoms with Gasteiger partial charge in [0, 0.05) is 32.0 Å². The summed E-state index contributed by atoms with van der Waals surface area (Å²) in [6.45, 7) is 4.14. The molecule has 2 amide bonds. The molecule has 152 valence electrons. The first kappa shape index (κ1) is 20.4. The van der Waals surface area contributed by atoms with Gasteiger partial charge < -0.3 is 15.0 Å². The maximum Gasteiger partial charge on any atom is 0.314 e. The van der Waals surface area contributed by atoms with E-state index in [0.717, 1.165) is 18.4 Å². The molecule has 2 aliphatic heterocycles. The van der Waals surface area contributed by atoms with Gasteiger partial charge in [0.2, 0.25) is 11.8 Å². The molecule has 0 unspecified atom stereocenters. The summed E-state index contributed by atoms with van der Waals surface area (Å²) in [7, 11) is 0. The molecule has 2 bridgehead atoms. The van der Waals surface area contributed by atoms with Gasteiger partial charge in [0.25, 0.3) is 0 Å². The van der Waals surface area contributed by atoms with Crippen LogP contribution in [0.2, 0.25) is 0 Å². The van der Waals surface area contributed by atoms with Crippen LogP contribution in [0.4, 0.5) is 0 Å². The van der Waals surface area contributed by atoms with Crippen LogP contribution >= 0.6 is 0 Å². The zero-order valence-corrected chi connectivity index (χ0v) is 16.8. The molecule has 6 heteroatoms. The molecule has 2 heterocycles. The van der Waals surface area contributed by atoms with E-state index in [2.05, 4.69) is 5.32 Å². The molecule has 0 saturated carbocycles. The predicted molar refractivity (Wildman–Crippen MR) is 105 cm³/mol. The fourth-order valence-corrected chi connectivity index (χ4v) is 4.91. The Morgan fingerprint density at radius 3 is 2.64 bits per heavy atom. The Balaban J connectivity index is 1.76. The van der Waals surface area contributed by atoms with Crippen LogP contribution in [0.25, 0.3) is 0 Å². The van der Waals surface area contributed by atoms with E-state index < -0.39 is 5.41 Å². The SMILES string of the molecule is CCOC(=O)[C@@]1(Cc2ccccc2)C[C@H]2CC[C@@H]1N2C(=O)CCCNC(C)=O. The number of nitrogens with one attached hydrogen (secondary N) is 1. The van der Waals surface area contributed by atoms with Crippen LogP contribution in [0, 0.1) is 5.41 Å². The first-order valence-corrected chi connectivity index (χ1v) is 10.2. The van der Waals surface area contributed by atoms with Crippen LogP contribution < -0.4 is 5.32 Å². The van der Waals surface area contributed by atoms with Gasteiger partial charge in [-0.15, -0.1) is 0 Å². The van der Waals surface area contributed by atoms with Crippen molar-refractivity contribution < 1.29 is 19.1 Å². The topological polar surface area (TPSA) is 75.7 Å². The molecule has 1 N–H and O–H groups in total. The molecule has 2 saturated heterocycles. The smallest absolute Gasteiger partial charge is 0.314 e. The van der Waals surface area contributed by atoms with Gasteiger partial charge in [-0.1, -0.05) is 30.3 Å². The fraction of sp³-hybridized carbons (Fsp3) is 0.591. The van der Waals surface area contributed by atoms with E-state index in [1.54, 1.807) is 0 Å². The first-order valence-electron chi connectivity index (χ1n) is 10.2. The monoisotopic (exact) mass is 386 g/mol. The average molecular weight is 386 g/mol. The van der Waals surface area contributed by atoms with Crippen molar-refractivity contribution in [1.29, 1.82) is 0 Å². The summed E-state index contributed by atoms with van der Waals surface area (Å²) in [4.78, 5) is 38.9. The summed E-state index contributed by atoms with van der Waals surface area (Å²) in [6.07, 6.45) is 4.05. The van der Waals surface area contributed by atoms with E-state index in [0.29, 0.717) is 38.8 Å². The van der Waals surface area contributed by atoms with Crippen molar-refractivity contribution in [2.75, 3.05) is 13.2 Å². The lowest BCUT2D eigenvalue weighted by molar-refractivity contribution is -0.158. The Labute approximate surface area is 166 Å². The number of hydrogen-bond acceptors (Lipinski definition) is 4. The summed E-state index contributed by atoms with van der Waals surface area (Å²) in [5.41, 5.74) is 0.439. The average Bonchev–Trinajstić information content (AvgIpc) is 3.22. The van der Waals surface area contributed by atoms with Gasteiger partial charge >= 0.3 is 5.97 Å². The van der Waals surface area contributed by atoms with Crippen molar-refractivity contribution in [3.05, 3.63) is 35.9 Å². The molecule has 2 aliphatic rings. The summed E-state index contributed by atoms with van der Waals surface area (Å²) >= 11 is 0. The van der Waals surface area contributed by atoms with E-state index in [9.17, 15) is 14.4 Å². The molecule has 2 fully saturated rings. The lowest BCUT2D eigenvalue weighted by Gasteiger charge is -2.35. The zero-order chi connectivity index (χ0) is 20.1. The highest BCUT2D eigenvalue weighted by Gasteiger charge is 2.61. The summed E-state index contributed by atoms with van der Waals surface area (Å²) in [5, 5.41) is 2.73. The molecule has 3 rings (SSSR count). The Morgan fingerprint density at radius 2 is 1.96 bits per heavy atom. The molecular weight excluding hydrogens is 356 g/mol. The third-order valence-corrected chi connectivity index (χ3v) is 6.01. The Kier molecular flexibility index (Phi) is 6.37. The molecule has 0 aliphatic carbocycles. The van der Waals surface area contributed by atoms with Crippen LogP contribution in [0.5, 0.6) is 0 Å². The van der Waals surface area contributed by atoms with E-state index in [-0.39, 0.29) is 29.9 Å². The van der Waals surface area contributed by atoms with E-state index in [1.807, 2.05) is 42.2 Å². The molecule has 3 atom stereocenters. The fourth-order valence-electron chi connectivity index (χ4n) is 4.91. The maximum atomic E-state index is 13.1. The van der Waals surface area contributed by atoms with E-state index in [1.165, 1.54) is 6.92 Å². The normalized spacial score (nSPS) is 25.6. The van der Waals surface area contributed by atoms with Crippen molar-refractivity contribution in [2.45, 2.75) is 64.5 Å². The number of fused-ring (bicyclic) bond motifs is 2. The highest BCUT2D eigenvalue weighted by molar-refractivity contribution is 5.84. The lowest BCUT2D eigenvalue weighted by Crippen LogP contribution is -2.47. The number of rotatable bonds is 8. The second kappa shape index (κ2) is 8.76. The molecule has 0 spiro atoms. The Morgan fingerprint density at radius 1 is 1.21 bits per heavy atom. The third-order valence-electron chi connectivity index (χ3n) is 6.01. The van der Waals surface area contributed by atoms with Gasteiger partial charge in [0.05, 0.1) is 12.0 Å². The van der Waals surface area contributed by atoms with Crippen LogP contribution in [-0.4, -0.2) is 47.9 Å². The van der Waals surface area contributed by atoms with Gasteiger partial charge in [-0.3, -0.25) is 14.4 Å². The number of esters is 1. The highest BCUT2D eigenvalue weighted by atomic mass is 16.5. The van der Waals surface area contributed by atoms with Gasteiger partial charge in [0.15, 0.2) is 0 Å². The minimum Gasteiger partial charge on any atom is -0.465 e. The molecule has 1 aromatic rings. The molecule has 0 aromatic heterocycles. The Hall–Kier alpha value is -2.37. The molecular formula is C22H30N2O4. The van der Waals surface area contributed by atoms with Gasteiger partial charge in [-0.25, -0.2) is 0 Å². The number of carbonyl (C=O) groups is 3. The van der Waals surface area contributed by atoms with Crippen LogP contribution in [-0.2, 0) is 25.5 Å². The maximum absolute atomic E-state index is 13.1. The van der Waals surface area contributed by atoms with Crippen molar-refractivity contribution in [1.82, 2.24) is 10.2 Å². The standard InChI is InChI=1S/C22H30N2O4/c1-3-28-21(27)22(14-17-8-5-4-6-9-17)15-18-11-12-19(22)24(18)20(26)10-7-13-23-16(2)25/h4-6,8-9,18-19H,3,7,10-15H2,1-2H3,(H,23,25)/t18-,19+,22+/m1/s1. The van der Waals surface area contributed by atoms with Crippen LogP contribution in [0.15, 0.2) is 30.3 Å². The number of ether oxygens (including phenoxy) is 1. The number of amides is 2. The van der Waals surface area contributed by atoms with Gasteiger partial charge in [0.1, 0.15) is 0 Å². The molecule has 6 nitrogen and oxygen atoms in total. The molecule has 1 aromatic carbocycles. The molecule has 28 heavy (non-hydrogen) atoms. The summed E-state index contributed by atoms with van der Waals surface area (Å²) in [6, 6.07) is 9.99. The summed E-state index contributed by atoms with van der Waals surface area (Å²) < 4.78 is 5.48. The highest BCUT2D eigenvalue weighted by Crippen LogP contribution is 2.52. The minimum absolute atomic E-state index is 0.0806. The largest absolute Gasteiger partial charge is 0.465 e. The number of hydrogen-bond donors (Lipinski definition) is 1. The zero-order valence-electron chi connectivity index (χ0n) is 16.8. The van der Waals surface area contributed by atoms with Crippen LogP contribution in [0.1, 0.15) is 51.5 Å². The first-order chi connectivity index (χ1) is 13.5. The predicted octanol–water partition coefficient (Wildman–Crippen LogP) is 2.46. The second-order valence-corrected chi connectivity index (χ2v) is 7.88. The third kappa shape index (κ3) is 4.05. The van der Waals surface area contributed by atoms with E-state index >= 15 is 0 Å². The number of benzene rings is 1. The van der Waals surface area contributed by atoms with Crippen molar-refractivity contribution in [3.8, 4) is 0 Å². The number of carbonyl (C=O) groups excluding carboxylic acids is 3. The van der Waals surface area contributed by atoms with Crippen molar-refractivity contribution in [3.63, 3.8) is 0 Å². The van der Waals surface area contributed by atoms with E-state index in [4.69, 9.17) is 4.74 Å².